The maximum atomic E-state index is 12.7. The smallest absolute Gasteiger partial charge is 0.403 e. The Morgan fingerprint density at radius 2 is 1.84 bits per heavy atom. The van der Waals surface area contributed by atoms with E-state index in [1.165, 1.54) is 17.0 Å². The summed E-state index contributed by atoms with van der Waals surface area (Å²) in [6.45, 7) is 1.07. The summed E-state index contributed by atoms with van der Waals surface area (Å²) in [6.07, 6.45) is -4.82. The van der Waals surface area contributed by atoms with Gasteiger partial charge in [-0.1, -0.05) is 0 Å². The van der Waals surface area contributed by atoms with Gasteiger partial charge in [0.2, 0.25) is 0 Å². The fraction of sp³-hybridized carbons (Fsp3) is 0.417. The highest BCUT2D eigenvalue weighted by atomic mass is 19.4. The van der Waals surface area contributed by atoms with Crippen LogP contribution in [0.3, 0.4) is 0 Å². The Bertz CT molecular complexity index is 430. The molecule has 106 valence electrons. The number of alkyl halides is 3. The monoisotopic (exact) mass is 279 g/mol. The van der Waals surface area contributed by atoms with Gasteiger partial charge in [-0.3, -0.25) is 4.79 Å². The van der Waals surface area contributed by atoms with Crippen molar-refractivity contribution in [2.24, 2.45) is 5.92 Å². The maximum absolute atomic E-state index is 12.7. The minimum absolute atomic E-state index is 0.186. The Kier molecular flexibility index (Phi) is 4.74. The molecule has 1 aromatic rings. The van der Waals surface area contributed by atoms with Crippen LogP contribution in [0.15, 0.2) is 24.3 Å². The lowest BCUT2D eigenvalue weighted by Gasteiger charge is -2.27. The topological polar surface area (TPSA) is 40.5 Å². The Balaban J connectivity index is 2.92. The molecular formula is C12H13F4NO2. The number of carbonyl (C=O) groups is 1. The van der Waals surface area contributed by atoms with E-state index >= 15 is 0 Å². The van der Waals surface area contributed by atoms with E-state index in [-0.39, 0.29) is 6.54 Å². The van der Waals surface area contributed by atoms with Gasteiger partial charge >= 0.3 is 12.1 Å². The molecule has 0 bridgehead atoms. The van der Waals surface area contributed by atoms with Gasteiger partial charge in [0, 0.05) is 18.8 Å². The highest BCUT2D eigenvalue weighted by molar-refractivity contribution is 5.72. The van der Waals surface area contributed by atoms with Crippen molar-refractivity contribution in [1.29, 1.82) is 0 Å². The molecule has 0 saturated carbocycles. The fourth-order valence-electron chi connectivity index (χ4n) is 1.61. The van der Waals surface area contributed by atoms with E-state index in [9.17, 15) is 22.4 Å². The molecule has 0 amide bonds. The Hall–Kier alpha value is -1.79. The summed E-state index contributed by atoms with van der Waals surface area (Å²) in [4.78, 5) is 11.9. The largest absolute Gasteiger partial charge is 0.481 e. The van der Waals surface area contributed by atoms with Crippen molar-refractivity contribution in [2.45, 2.75) is 13.1 Å². The highest BCUT2D eigenvalue weighted by Gasteiger charge is 2.45. The predicted octanol–water partition coefficient (Wildman–Crippen LogP) is 2.92. The van der Waals surface area contributed by atoms with Crippen molar-refractivity contribution in [1.82, 2.24) is 0 Å². The summed E-state index contributed by atoms with van der Waals surface area (Å²) in [7, 11) is 0. The third-order valence-corrected chi connectivity index (χ3v) is 2.67. The van der Waals surface area contributed by atoms with Crippen molar-refractivity contribution < 1.29 is 27.5 Å². The van der Waals surface area contributed by atoms with E-state index < -0.39 is 30.4 Å². The van der Waals surface area contributed by atoms with Crippen molar-refractivity contribution >= 4 is 11.7 Å². The van der Waals surface area contributed by atoms with Crippen LogP contribution >= 0.6 is 0 Å². The van der Waals surface area contributed by atoms with Crippen molar-refractivity contribution in [3.63, 3.8) is 0 Å². The van der Waals surface area contributed by atoms with E-state index in [1.807, 2.05) is 0 Å². The number of carboxylic acids is 1. The van der Waals surface area contributed by atoms with Crippen molar-refractivity contribution in [2.75, 3.05) is 18.0 Å². The molecule has 0 aliphatic heterocycles. The average Bonchev–Trinajstić information content (AvgIpc) is 2.30. The molecule has 0 spiro atoms. The lowest BCUT2D eigenvalue weighted by molar-refractivity contribution is -0.191. The van der Waals surface area contributed by atoms with Gasteiger partial charge in [0.15, 0.2) is 5.92 Å². The Labute approximate surface area is 107 Å². The molecule has 1 atom stereocenters. The quantitative estimate of drug-likeness (QED) is 0.842. The molecule has 0 fully saturated rings. The van der Waals surface area contributed by atoms with Crippen molar-refractivity contribution in [3.05, 3.63) is 30.1 Å². The molecule has 1 unspecified atom stereocenters. The van der Waals surface area contributed by atoms with E-state index in [0.29, 0.717) is 5.69 Å². The number of halogens is 4. The van der Waals surface area contributed by atoms with E-state index in [0.717, 1.165) is 12.1 Å². The number of nitrogens with zero attached hydrogens (tertiary/aromatic N) is 1. The van der Waals surface area contributed by atoms with E-state index in [4.69, 9.17) is 5.11 Å². The maximum Gasteiger partial charge on any atom is 0.403 e. The highest BCUT2D eigenvalue weighted by Crippen LogP contribution is 2.28. The molecule has 19 heavy (non-hydrogen) atoms. The lowest BCUT2D eigenvalue weighted by atomic mass is 10.1. The first-order chi connectivity index (χ1) is 8.75. The van der Waals surface area contributed by atoms with Crippen LogP contribution < -0.4 is 4.90 Å². The van der Waals surface area contributed by atoms with Gasteiger partial charge in [-0.15, -0.1) is 0 Å². The SMILES string of the molecule is CCN(CC(C(=O)O)C(F)(F)F)c1ccc(F)cc1. The van der Waals surface area contributed by atoms with Crippen LogP contribution in [0.4, 0.5) is 23.2 Å². The number of rotatable bonds is 5. The molecule has 0 aliphatic carbocycles. The molecule has 0 saturated heterocycles. The molecule has 3 nitrogen and oxygen atoms in total. The molecular weight excluding hydrogens is 266 g/mol. The summed E-state index contributed by atoms with van der Waals surface area (Å²) in [5.74, 6) is -4.91. The normalized spacial score (nSPS) is 13.1. The van der Waals surface area contributed by atoms with Gasteiger partial charge in [0.05, 0.1) is 0 Å². The van der Waals surface area contributed by atoms with Crippen molar-refractivity contribution in [3.8, 4) is 0 Å². The third-order valence-electron chi connectivity index (χ3n) is 2.67. The molecule has 0 radical (unpaired) electrons. The standard InChI is InChI=1S/C12H13F4NO2/c1-2-17(9-5-3-8(13)4-6-9)7-10(11(18)19)12(14,15)16/h3-6,10H,2,7H2,1H3,(H,18,19). The van der Waals surface area contributed by atoms with Crippen LogP contribution in [0.1, 0.15) is 6.92 Å². The molecule has 1 N–H and O–H groups in total. The number of hydrogen-bond acceptors (Lipinski definition) is 2. The van der Waals surface area contributed by atoms with Gasteiger partial charge in [-0.05, 0) is 31.2 Å². The number of aliphatic carboxylic acids is 1. The number of carboxylic acid groups (broad SMARTS) is 1. The van der Waals surface area contributed by atoms with Gasteiger partial charge < -0.3 is 10.0 Å². The molecule has 0 aliphatic rings. The second-order valence-corrected chi connectivity index (χ2v) is 3.95. The fourth-order valence-corrected chi connectivity index (χ4v) is 1.61. The summed E-state index contributed by atoms with van der Waals surface area (Å²) < 4.78 is 50.5. The van der Waals surface area contributed by atoms with Crippen LogP contribution in [0.2, 0.25) is 0 Å². The number of benzene rings is 1. The first-order valence-electron chi connectivity index (χ1n) is 5.55. The van der Waals surface area contributed by atoms with Crippen LogP contribution in [0, 0.1) is 11.7 Å². The zero-order chi connectivity index (χ0) is 14.6. The Morgan fingerprint density at radius 1 is 1.32 bits per heavy atom. The summed E-state index contributed by atoms with van der Waals surface area (Å²) in [5, 5.41) is 8.64. The minimum atomic E-state index is -4.82. The van der Waals surface area contributed by atoms with Gasteiger partial charge in [0.25, 0.3) is 0 Å². The zero-order valence-electron chi connectivity index (χ0n) is 10.1. The summed E-state index contributed by atoms with van der Waals surface area (Å²) >= 11 is 0. The summed E-state index contributed by atoms with van der Waals surface area (Å²) in [6, 6.07) is 4.85. The molecule has 1 rings (SSSR count). The van der Waals surface area contributed by atoms with Crippen LogP contribution in [-0.4, -0.2) is 30.3 Å². The first kappa shape index (κ1) is 15.3. The Morgan fingerprint density at radius 3 is 2.21 bits per heavy atom. The molecule has 0 heterocycles. The molecule has 7 heteroatoms. The average molecular weight is 279 g/mol. The van der Waals surface area contributed by atoms with Gasteiger partial charge in [-0.2, -0.15) is 13.2 Å². The zero-order valence-corrected chi connectivity index (χ0v) is 10.1. The first-order valence-corrected chi connectivity index (χ1v) is 5.55. The molecule has 1 aromatic carbocycles. The second-order valence-electron chi connectivity index (χ2n) is 3.95. The van der Waals surface area contributed by atoms with Crippen LogP contribution in [0.25, 0.3) is 0 Å². The van der Waals surface area contributed by atoms with Gasteiger partial charge in [-0.25, -0.2) is 4.39 Å². The van der Waals surface area contributed by atoms with Crippen LogP contribution in [-0.2, 0) is 4.79 Å². The summed E-state index contributed by atoms with van der Waals surface area (Å²) in [5.41, 5.74) is 0.347. The molecule has 0 aromatic heterocycles. The minimum Gasteiger partial charge on any atom is -0.481 e. The van der Waals surface area contributed by atoms with E-state index in [1.54, 1.807) is 6.92 Å². The van der Waals surface area contributed by atoms with E-state index in [2.05, 4.69) is 0 Å². The third kappa shape index (κ3) is 4.11. The predicted molar refractivity (Wildman–Crippen MR) is 61.5 cm³/mol. The number of anilines is 1. The van der Waals surface area contributed by atoms with Gasteiger partial charge in [0.1, 0.15) is 5.82 Å². The van der Waals surface area contributed by atoms with Crippen LogP contribution in [0.5, 0.6) is 0 Å². The lowest BCUT2D eigenvalue weighted by Crippen LogP contribution is -2.41. The number of hydrogen-bond donors (Lipinski definition) is 1. The second kappa shape index (κ2) is 5.90.